The molecular formula is C8H13FN6O. The normalized spacial score (nSPS) is 9.94. The minimum absolute atomic E-state index is 0.00995. The van der Waals surface area contributed by atoms with Crippen LogP contribution in [0, 0.1) is 5.82 Å². The molecule has 1 amide bonds. The lowest BCUT2D eigenvalue weighted by atomic mass is 10.4. The number of aromatic nitrogens is 2. The minimum Gasteiger partial charge on any atom is -0.368 e. The van der Waals surface area contributed by atoms with Gasteiger partial charge >= 0.3 is 0 Å². The lowest BCUT2D eigenvalue weighted by Crippen LogP contribution is -2.35. The van der Waals surface area contributed by atoms with Gasteiger partial charge in [-0.2, -0.15) is 4.98 Å². The standard InChI is InChI=1S/C8H13FN6O/c1-2-15(4-6(10)16)7-5(9)3-12-8(13-7)14-11/h3H,2,4,11H2,1H3,(H2,10,16)(H,12,13,14). The second kappa shape index (κ2) is 5.21. The summed E-state index contributed by atoms with van der Waals surface area (Å²) >= 11 is 0. The molecule has 0 bridgehead atoms. The minimum atomic E-state index is -0.637. The van der Waals surface area contributed by atoms with Gasteiger partial charge in [-0.1, -0.05) is 0 Å². The Morgan fingerprint density at radius 1 is 1.69 bits per heavy atom. The van der Waals surface area contributed by atoms with E-state index in [0.29, 0.717) is 6.54 Å². The highest BCUT2D eigenvalue weighted by Crippen LogP contribution is 2.16. The molecule has 0 aliphatic heterocycles. The number of hydrogen-bond donors (Lipinski definition) is 3. The number of primary amides is 1. The molecule has 0 aliphatic rings. The second-order valence-corrected chi connectivity index (χ2v) is 2.99. The van der Waals surface area contributed by atoms with Gasteiger partial charge < -0.3 is 10.6 Å². The Morgan fingerprint density at radius 2 is 2.38 bits per heavy atom. The average molecular weight is 228 g/mol. The van der Waals surface area contributed by atoms with E-state index >= 15 is 0 Å². The van der Waals surface area contributed by atoms with Crippen LogP contribution in [0.15, 0.2) is 6.20 Å². The summed E-state index contributed by atoms with van der Waals surface area (Å²) in [5.74, 6) is 3.96. The molecule has 7 nitrogen and oxygen atoms in total. The summed E-state index contributed by atoms with van der Waals surface area (Å²) in [6, 6.07) is 0. The highest BCUT2D eigenvalue weighted by Gasteiger charge is 2.15. The van der Waals surface area contributed by atoms with Crippen molar-refractivity contribution in [2.75, 3.05) is 23.4 Å². The molecule has 8 heteroatoms. The van der Waals surface area contributed by atoms with Gasteiger partial charge in [0.15, 0.2) is 11.6 Å². The van der Waals surface area contributed by atoms with Gasteiger partial charge in [0, 0.05) is 6.54 Å². The maximum absolute atomic E-state index is 13.4. The van der Waals surface area contributed by atoms with E-state index in [1.165, 1.54) is 4.90 Å². The van der Waals surface area contributed by atoms with Crippen LogP contribution in [-0.2, 0) is 4.79 Å². The van der Waals surface area contributed by atoms with E-state index in [0.717, 1.165) is 6.20 Å². The first-order valence-corrected chi connectivity index (χ1v) is 4.60. The molecule has 0 fully saturated rings. The SMILES string of the molecule is CCN(CC(N)=O)c1nc(NN)ncc1F. The van der Waals surface area contributed by atoms with Gasteiger partial charge in [-0.25, -0.2) is 15.2 Å². The largest absolute Gasteiger partial charge is 0.368 e. The quantitative estimate of drug-likeness (QED) is 0.450. The molecule has 0 unspecified atom stereocenters. The Morgan fingerprint density at radius 3 is 2.88 bits per heavy atom. The predicted molar refractivity (Wildman–Crippen MR) is 56.9 cm³/mol. The van der Waals surface area contributed by atoms with Crippen LogP contribution in [0.5, 0.6) is 0 Å². The van der Waals surface area contributed by atoms with Crippen LogP contribution in [0.2, 0.25) is 0 Å². The smallest absolute Gasteiger partial charge is 0.239 e. The van der Waals surface area contributed by atoms with Gasteiger partial charge in [-0.05, 0) is 6.92 Å². The summed E-state index contributed by atoms with van der Waals surface area (Å²) in [6.07, 6.45) is 0.973. The number of likely N-dealkylation sites (N-methyl/N-ethyl adjacent to an activating group) is 1. The Kier molecular flexibility index (Phi) is 3.95. The van der Waals surface area contributed by atoms with Crippen molar-refractivity contribution in [3.05, 3.63) is 12.0 Å². The van der Waals surface area contributed by atoms with Gasteiger partial charge in [0.1, 0.15) is 0 Å². The van der Waals surface area contributed by atoms with Gasteiger partial charge in [0.25, 0.3) is 0 Å². The highest BCUT2D eigenvalue weighted by molar-refractivity contribution is 5.79. The summed E-state index contributed by atoms with van der Waals surface area (Å²) in [6.45, 7) is 2.02. The van der Waals surface area contributed by atoms with E-state index in [4.69, 9.17) is 11.6 Å². The third-order valence-corrected chi connectivity index (χ3v) is 1.88. The summed E-state index contributed by atoms with van der Waals surface area (Å²) in [5.41, 5.74) is 7.24. The monoisotopic (exact) mass is 228 g/mol. The number of hydrazine groups is 1. The van der Waals surface area contributed by atoms with Gasteiger partial charge in [-0.15, -0.1) is 0 Å². The Bertz CT molecular complexity index is 385. The van der Waals surface area contributed by atoms with Crippen LogP contribution >= 0.6 is 0 Å². The van der Waals surface area contributed by atoms with Gasteiger partial charge in [-0.3, -0.25) is 10.2 Å². The van der Waals surface area contributed by atoms with Crippen molar-refractivity contribution in [1.29, 1.82) is 0 Å². The van der Waals surface area contributed by atoms with Crippen molar-refractivity contribution in [1.82, 2.24) is 9.97 Å². The molecule has 1 heterocycles. The molecule has 1 aromatic heterocycles. The molecular weight excluding hydrogens is 215 g/mol. The lowest BCUT2D eigenvalue weighted by Gasteiger charge is -2.20. The number of nitrogens with two attached hydrogens (primary N) is 2. The van der Waals surface area contributed by atoms with E-state index in [2.05, 4.69) is 15.4 Å². The molecule has 1 aromatic rings. The summed E-state index contributed by atoms with van der Waals surface area (Å²) in [5, 5.41) is 0. The number of amides is 1. The molecule has 1 rings (SSSR count). The molecule has 5 N–H and O–H groups in total. The van der Waals surface area contributed by atoms with Gasteiger partial charge in [0.2, 0.25) is 11.9 Å². The Labute approximate surface area is 91.6 Å². The van der Waals surface area contributed by atoms with Crippen molar-refractivity contribution in [3.63, 3.8) is 0 Å². The van der Waals surface area contributed by atoms with E-state index in [-0.39, 0.29) is 18.3 Å². The van der Waals surface area contributed by atoms with E-state index in [1.807, 2.05) is 0 Å². The summed E-state index contributed by atoms with van der Waals surface area (Å²) in [4.78, 5) is 19.6. The molecule has 0 atom stereocenters. The number of rotatable bonds is 5. The van der Waals surface area contributed by atoms with Crippen LogP contribution in [0.1, 0.15) is 6.92 Å². The number of carbonyl (C=O) groups excluding carboxylic acids is 1. The van der Waals surface area contributed by atoms with Crippen molar-refractivity contribution in [2.45, 2.75) is 6.92 Å². The van der Waals surface area contributed by atoms with E-state index in [1.54, 1.807) is 6.92 Å². The molecule has 0 spiro atoms. The molecule has 0 saturated carbocycles. The summed E-state index contributed by atoms with van der Waals surface area (Å²) < 4.78 is 13.4. The first kappa shape index (κ1) is 12.1. The lowest BCUT2D eigenvalue weighted by molar-refractivity contribution is -0.116. The number of halogens is 1. The summed E-state index contributed by atoms with van der Waals surface area (Å²) in [7, 11) is 0. The zero-order valence-electron chi connectivity index (χ0n) is 8.77. The van der Waals surface area contributed by atoms with Crippen LogP contribution in [0.3, 0.4) is 0 Å². The first-order valence-electron chi connectivity index (χ1n) is 4.60. The number of carbonyl (C=O) groups is 1. The van der Waals surface area contributed by atoms with Crippen molar-refractivity contribution in [3.8, 4) is 0 Å². The second-order valence-electron chi connectivity index (χ2n) is 2.99. The molecule has 0 radical (unpaired) electrons. The fourth-order valence-corrected chi connectivity index (χ4v) is 1.17. The van der Waals surface area contributed by atoms with E-state index < -0.39 is 11.7 Å². The molecule has 0 aromatic carbocycles. The maximum Gasteiger partial charge on any atom is 0.239 e. The number of anilines is 2. The third-order valence-electron chi connectivity index (χ3n) is 1.88. The number of hydrogen-bond acceptors (Lipinski definition) is 6. The van der Waals surface area contributed by atoms with E-state index in [9.17, 15) is 9.18 Å². The van der Waals surface area contributed by atoms with Crippen LogP contribution in [0.25, 0.3) is 0 Å². The van der Waals surface area contributed by atoms with Crippen molar-refractivity contribution < 1.29 is 9.18 Å². The number of nitrogens with one attached hydrogen (secondary N) is 1. The van der Waals surface area contributed by atoms with Crippen LogP contribution < -0.4 is 21.9 Å². The average Bonchev–Trinajstić information content (AvgIpc) is 2.26. The van der Waals surface area contributed by atoms with Gasteiger partial charge in [0.05, 0.1) is 12.7 Å². The van der Waals surface area contributed by atoms with Crippen molar-refractivity contribution >= 4 is 17.7 Å². The van der Waals surface area contributed by atoms with Crippen LogP contribution in [-0.4, -0.2) is 29.0 Å². The topological polar surface area (TPSA) is 110 Å². The predicted octanol–water partition coefficient (Wildman–Crippen LogP) is -0.787. The zero-order chi connectivity index (χ0) is 12.1. The number of nitrogens with zero attached hydrogens (tertiary/aromatic N) is 3. The first-order chi connectivity index (χ1) is 7.58. The molecule has 0 aliphatic carbocycles. The fourth-order valence-electron chi connectivity index (χ4n) is 1.17. The molecule has 0 saturated heterocycles. The van der Waals surface area contributed by atoms with Crippen molar-refractivity contribution in [2.24, 2.45) is 11.6 Å². The maximum atomic E-state index is 13.4. The fraction of sp³-hybridized carbons (Fsp3) is 0.375. The molecule has 88 valence electrons. The van der Waals surface area contributed by atoms with Crippen LogP contribution in [0.4, 0.5) is 16.2 Å². The molecule has 16 heavy (non-hydrogen) atoms. The highest BCUT2D eigenvalue weighted by atomic mass is 19.1. The zero-order valence-corrected chi connectivity index (χ0v) is 8.77. The third kappa shape index (κ3) is 2.76. The Hall–Kier alpha value is -1.96. The Balaban J connectivity index is 3.02. The number of nitrogen functional groups attached to an aromatic ring is 1.